The van der Waals surface area contributed by atoms with Crippen molar-refractivity contribution in [3.8, 4) is 0 Å². The maximum absolute atomic E-state index is 5.99. The molecule has 2 nitrogen and oxygen atoms in total. The lowest BCUT2D eigenvalue weighted by Crippen LogP contribution is -2.27. The highest BCUT2D eigenvalue weighted by Gasteiger charge is 2.14. The van der Waals surface area contributed by atoms with Gasteiger partial charge in [0.25, 0.3) is 0 Å². The van der Waals surface area contributed by atoms with E-state index in [-0.39, 0.29) is 0 Å². The van der Waals surface area contributed by atoms with E-state index in [0.29, 0.717) is 12.1 Å². The molecule has 1 aliphatic rings. The van der Waals surface area contributed by atoms with Gasteiger partial charge in [-0.2, -0.15) is 0 Å². The first-order valence-electron chi connectivity index (χ1n) is 8.50. The number of nitrogens with one attached hydrogen (secondary N) is 1. The summed E-state index contributed by atoms with van der Waals surface area (Å²) in [6.45, 7) is 10.6. The molecule has 1 N–H and O–H groups in total. The molecule has 1 aromatic carbocycles. The SMILES string of the molecule is Cc1cc(C)c(C(C)NCCOC2CCCCC2)c(C)c1. The van der Waals surface area contributed by atoms with Crippen LogP contribution in [0.1, 0.15) is 67.3 Å². The zero-order valence-electron chi connectivity index (χ0n) is 14.2. The lowest BCUT2D eigenvalue weighted by atomic mass is 9.95. The Kier molecular flexibility index (Phi) is 6.25. The van der Waals surface area contributed by atoms with Crippen molar-refractivity contribution in [2.24, 2.45) is 0 Å². The molecule has 0 aromatic heterocycles. The molecule has 0 spiro atoms. The van der Waals surface area contributed by atoms with Gasteiger partial charge in [0, 0.05) is 12.6 Å². The Hall–Kier alpha value is -0.860. The van der Waals surface area contributed by atoms with Crippen molar-refractivity contribution in [1.29, 1.82) is 0 Å². The summed E-state index contributed by atoms with van der Waals surface area (Å²) in [5.41, 5.74) is 5.57. The molecule has 0 heterocycles. The molecule has 118 valence electrons. The van der Waals surface area contributed by atoms with E-state index in [1.54, 1.807) is 0 Å². The Morgan fingerprint density at radius 1 is 1.10 bits per heavy atom. The molecule has 2 rings (SSSR count). The summed E-state index contributed by atoms with van der Waals surface area (Å²) >= 11 is 0. The summed E-state index contributed by atoms with van der Waals surface area (Å²) in [6.07, 6.45) is 7.10. The first-order chi connectivity index (χ1) is 10.1. The molecular formula is C19H31NO. The average molecular weight is 289 g/mol. The van der Waals surface area contributed by atoms with Crippen molar-refractivity contribution in [3.05, 3.63) is 34.4 Å². The second kappa shape index (κ2) is 7.95. The topological polar surface area (TPSA) is 21.3 Å². The smallest absolute Gasteiger partial charge is 0.0594 e. The minimum absolute atomic E-state index is 0.389. The highest BCUT2D eigenvalue weighted by atomic mass is 16.5. The maximum Gasteiger partial charge on any atom is 0.0594 e. The average Bonchev–Trinajstić information content (AvgIpc) is 2.43. The van der Waals surface area contributed by atoms with Gasteiger partial charge in [-0.25, -0.2) is 0 Å². The first kappa shape index (κ1) is 16.5. The second-order valence-corrected chi connectivity index (χ2v) is 6.62. The van der Waals surface area contributed by atoms with E-state index in [2.05, 4.69) is 45.1 Å². The zero-order chi connectivity index (χ0) is 15.2. The van der Waals surface area contributed by atoms with E-state index in [4.69, 9.17) is 4.74 Å². The molecular weight excluding hydrogens is 258 g/mol. The molecule has 0 radical (unpaired) electrons. The summed E-state index contributed by atoms with van der Waals surface area (Å²) in [5.74, 6) is 0. The van der Waals surface area contributed by atoms with Crippen LogP contribution >= 0.6 is 0 Å². The third kappa shape index (κ3) is 4.82. The Morgan fingerprint density at radius 2 is 1.71 bits per heavy atom. The van der Waals surface area contributed by atoms with Gasteiger partial charge >= 0.3 is 0 Å². The molecule has 0 bridgehead atoms. The minimum atomic E-state index is 0.389. The van der Waals surface area contributed by atoms with Crippen molar-refractivity contribution in [1.82, 2.24) is 5.32 Å². The van der Waals surface area contributed by atoms with Crippen LogP contribution in [0.4, 0.5) is 0 Å². The van der Waals surface area contributed by atoms with E-state index in [1.807, 2.05) is 0 Å². The molecule has 21 heavy (non-hydrogen) atoms. The van der Waals surface area contributed by atoms with Gasteiger partial charge in [-0.1, -0.05) is 37.0 Å². The summed E-state index contributed by atoms with van der Waals surface area (Å²) in [7, 11) is 0. The Labute approximate surface area is 130 Å². The fraction of sp³-hybridized carbons (Fsp3) is 0.684. The Balaban J connectivity index is 1.78. The van der Waals surface area contributed by atoms with Crippen molar-refractivity contribution in [3.63, 3.8) is 0 Å². The fourth-order valence-electron chi connectivity index (χ4n) is 3.71. The van der Waals surface area contributed by atoms with E-state index >= 15 is 0 Å². The highest BCUT2D eigenvalue weighted by molar-refractivity contribution is 5.39. The first-order valence-corrected chi connectivity index (χ1v) is 8.50. The highest BCUT2D eigenvalue weighted by Crippen LogP contribution is 2.23. The van der Waals surface area contributed by atoms with Crippen molar-refractivity contribution in [2.75, 3.05) is 13.2 Å². The fourth-order valence-corrected chi connectivity index (χ4v) is 3.71. The summed E-state index contributed by atoms with van der Waals surface area (Å²) in [5, 5.41) is 3.61. The molecule has 0 amide bonds. The molecule has 1 saturated carbocycles. The summed E-state index contributed by atoms with van der Waals surface area (Å²) in [6, 6.07) is 4.94. The Morgan fingerprint density at radius 3 is 2.33 bits per heavy atom. The second-order valence-electron chi connectivity index (χ2n) is 6.62. The van der Waals surface area contributed by atoms with Crippen LogP contribution < -0.4 is 5.32 Å². The van der Waals surface area contributed by atoms with Crippen LogP contribution in [0.2, 0.25) is 0 Å². The molecule has 1 atom stereocenters. The van der Waals surface area contributed by atoms with Gasteiger partial charge in [0.2, 0.25) is 0 Å². The van der Waals surface area contributed by atoms with Crippen molar-refractivity contribution < 1.29 is 4.74 Å². The lowest BCUT2D eigenvalue weighted by molar-refractivity contribution is 0.0295. The van der Waals surface area contributed by atoms with E-state index in [9.17, 15) is 0 Å². The number of hydrogen-bond acceptors (Lipinski definition) is 2. The monoisotopic (exact) mass is 289 g/mol. The number of ether oxygens (including phenoxy) is 1. The molecule has 1 aromatic rings. The predicted molar refractivity (Wildman–Crippen MR) is 89.9 cm³/mol. The third-order valence-electron chi connectivity index (χ3n) is 4.63. The summed E-state index contributed by atoms with van der Waals surface area (Å²) < 4.78 is 5.99. The van der Waals surface area contributed by atoms with Crippen LogP contribution in [0.3, 0.4) is 0 Å². The van der Waals surface area contributed by atoms with Gasteiger partial charge in [-0.15, -0.1) is 0 Å². The molecule has 0 aliphatic heterocycles. The lowest BCUT2D eigenvalue weighted by Gasteiger charge is -2.23. The van der Waals surface area contributed by atoms with Crippen molar-refractivity contribution in [2.45, 2.75) is 71.9 Å². The minimum Gasteiger partial charge on any atom is -0.377 e. The predicted octanol–water partition coefficient (Wildman–Crippen LogP) is 4.61. The number of hydrogen-bond donors (Lipinski definition) is 1. The van der Waals surface area contributed by atoms with Crippen LogP contribution in [0.25, 0.3) is 0 Å². The van der Waals surface area contributed by atoms with Gasteiger partial charge < -0.3 is 10.1 Å². The van der Waals surface area contributed by atoms with Gasteiger partial charge in [-0.05, 0) is 57.2 Å². The van der Waals surface area contributed by atoms with Crippen LogP contribution in [-0.4, -0.2) is 19.3 Å². The quantitative estimate of drug-likeness (QED) is 0.772. The molecule has 0 saturated heterocycles. The van der Waals surface area contributed by atoms with Gasteiger partial charge in [0.1, 0.15) is 0 Å². The maximum atomic E-state index is 5.99. The molecule has 1 unspecified atom stereocenters. The van der Waals surface area contributed by atoms with E-state index in [1.165, 1.54) is 54.4 Å². The van der Waals surface area contributed by atoms with Crippen LogP contribution in [-0.2, 0) is 4.74 Å². The van der Waals surface area contributed by atoms with Crippen LogP contribution in [0.5, 0.6) is 0 Å². The Bertz CT molecular complexity index is 426. The number of rotatable bonds is 6. The van der Waals surface area contributed by atoms with E-state index < -0.39 is 0 Å². The van der Waals surface area contributed by atoms with Gasteiger partial charge in [0.05, 0.1) is 12.7 Å². The molecule has 1 aliphatic carbocycles. The van der Waals surface area contributed by atoms with Gasteiger partial charge in [0.15, 0.2) is 0 Å². The van der Waals surface area contributed by atoms with Crippen molar-refractivity contribution >= 4 is 0 Å². The molecule has 2 heteroatoms. The number of aryl methyl sites for hydroxylation is 3. The van der Waals surface area contributed by atoms with Crippen LogP contribution in [0, 0.1) is 20.8 Å². The normalized spacial score (nSPS) is 17.9. The molecule has 1 fully saturated rings. The standard InChI is InChI=1S/C19H31NO/c1-14-12-15(2)19(16(3)13-14)17(4)20-10-11-21-18-8-6-5-7-9-18/h12-13,17-18,20H,5-11H2,1-4H3. The largest absolute Gasteiger partial charge is 0.377 e. The van der Waals surface area contributed by atoms with E-state index in [0.717, 1.165) is 13.2 Å². The third-order valence-corrected chi connectivity index (χ3v) is 4.63. The van der Waals surface area contributed by atoms with Crippen LogP contribution in [0.15, 0.2) is 12.1 Å². The van der Waals surface area contributed by atoms with Gasteiger partial charge in [-0.3, -0.25) is 0 Å². The zero-order valence-corrected chi connectivity index (χ0v) is 14.2. The summed E-state index contributed by atoms with van der Waals surface area (Å²) in [4.78, 5) is 0. The number of benzene rings is 1.